The smallest absolute Gasteiger partial charge is 0.414 e. The lowest BCUT2D eigenvalue weighted by molar-refractivity contribution is -0.159. The van der Waals surface area contributed by atoms with Gasteiger partial charge in [-0.1, -0.05) is 12.1 Å². The van der Waals surface area contributed by atoms with Crippen LogP contribution in [0.4, 0.5) is 10.1 Å². The first-order valence-electron chi connectivity index (χ1n) is 12.5. The van der Waals surface area contributed by atoms with Crippen LogP contribution in [0.15, 0.2) is 73.1 Å². The molecule has 2 N–H and O–H groups in total. The third-order valence-corrected chi connectivity index (χ3v) is 6.46. The van der Waals surface area contributed by atoms with E-state index in [1.165, 1.54) is 12.1 Å². The molecule has 0 unspecified atom stereocenters. The first kappa shape index (κ1) is 29.9. The summed E-state index contributed by atoms with van der Waals surface area (Å²) in [7, 11) is 1.59. The average Bonchev–Trinajstić information content (AvgIpc) is 2.98. The lowest BCUT2D eigenvalue weighted by Crippen LogP contribution is -2.43. The molecule has 1 aromatic heterocycles. The van der Waals surface area contributed by atoms with E-state index in [1.54, 1.807) is 48.7 Å². The maximum Gasteiger partial charge on any atom is 0.414 e. The largest absolute Gasteiger partial charge is 0.495 e. The molecule has 0 radical (unpaired) electrons. The number of methoxy groups -OCH3 is 1. The zero-order valence-electron chi connectivity index (χ0n) is 21.9. The van der Waals surface area contributed by atoms with E-state index in [1.807, 2.05) is 24.3 Å². The summed E-state index contributed by atoms with van der Waals surface area (Å²) in [5.41, 5.74) is 1.84. The van der Waals surface area contributed by atoms with Crippen molar-refractivity contribution < 1.29 is 38.5 Å². The third-order valence-electron chi connectivity index (χ3n) is 6.46. The van der Waals surface area contributed by atoms with Crippen LogP contribution >= 0.6 is 0 Å². The maximum atomic E-state index is 13.4. The SMILES string of the molecule is COc1ccccc1N(CCN1CCC(C(=O)c2ccc(F)cc2)CC1)C(=O)c1ccncc1.O=C(O)C(=O)O. The zero-order valence-corrected chi connectivity index (χ0v) is 21.9. The minimum Gasteiger partial charge on any atom is -0.495 e. The normalized spacial score (nSPS) is 13.4. The van der Waals surface area contributed by atoms with Crippen LogP contribution in [0, 0.1) is 11.7 Å². The summed E-state index contributed by atoms with van der Waals surface area (Å²) in [6.45, 7) is 2.69. The number of benzene rings is 2. The second-order valence-corrected chi connectivity index (χ2v) is 8.96. The number of aliphatic carboxylic acids is 2. The van der Waals surface area contributed by atoms with Gasteiger partial charge in [0.05, 0.1) is 12.8 Å². The Kier molecular flexibility index (Phi) is 10.8. The third kappa shape index (κ3) is 8.18. The van der Waals surface area contributed by atoms with Crippen LogP contribution in [0.2, 0.25) is 0 Å². The topological polar surface area (TPSA) is 137 Å². The van der Waals surface area contributed by atoms with Crippen molar-refractivity contribution in [3.63, 3.8) is 0 Å². The highest BCUT2D eigenvalue weighted by atomic mass is 19.1. The number of carbonyl (C=O) groups is 4. The maximum absolute atomic E-state index is 13.4. The fourth-order valence-corrected chi connectivity index (χ4v) is 4.34. The van der Waals surface area contributed by atoms with Crippen molar-refractivity contribution in [3.8, 4) is 5.75 Å². The molecule has 0 saturated carbocycles. The summed E-state index contributed by atoms with van der Waals surface area (Å²) in [6.07, 6.45) is 4.69. The summed E-state index contributed by atoms with van der Waals surface area (Å²) in [5, 5.41) is 14.8. The van der Waals surface area contributed by atoms with E-state index in [0.717, 1.165) is 25.9 Å². The van der Waals surface area contributed by atoms with E-state index in [2.05, 4.69) is 9.88 Å². The number of Topliss-reactive ketones (excluding diaryl/α,β-unsaturated/α-hetero) is 1. The van der Waals surface area contributed by atoms with Gasteiger partial charge >= 0.3 is 11.9 Å². The monoisotopic (exact) mass is 551 g/mol. The Morgan fingerprint density at radius 1 is 0.925 bits per heavy atom. The van der Waals surface area contributed by atoms with Gasteiger partial charge in [0, 0.05) is 42.5 Å². The van der Waals surface area contributed by atoms with E-state index >= 15 is 0 Å². The molecule has 1 aliphatic heterocycles. The molecule has 1 saturated heterocycles. The van der Waals surface area contributed by atoms with Crippen molar-refractivity contribution in [3.05, 3.63) is 90.0 Å². The van der Waals surface area contributed by atoms with E-state index < -0.39 is 11.9 Å². The van der Waals surface area contributed by atoms with E-state index in [9.17, 15) is 14.0 Å². The molecule has 1 amide bonds. The van der Waals surface area contributed by atoms with Crippen LogP contribution in [0.3, 0.4) is 0 Å². The Labute approximate surface area is 230 Å². The highest BCUT2D eigenvalue weighted by Gasteiger charge is 2.27. The van der Waals surface area contributed by atoms with Gasteiger partial charge < -0.3 is 24.7 Å². The predicted molar refractivity (Wildman–Crippen MR) is 144 cm³/mol. The van der Waals surface area contributed by atoms with Gasteiger partial charge in [-0.25, -0.2) is 14.0 Å². The van der Waals surface area contributed by atoms with Crippen LogP contribution in [-0.2, 0) is 9.59 Å². The van der Waals surface area contributed by atoms with Crippen molar-refractivity contribution in [1.29, 1.82) is 0 Å². The lowest BCUT2D eigenvalue weighted by atomic mass is 9.89. The number of aromatic nitrogens is 1. The number of halogens is 1. The highest BCUT2D eigenvalue weighted by molar-refractivity contribution is 6.27. The number of piperidine rings is 1. The number of carboxylic acids is 2. The van der Waals surface area contributed by atoms with Crippen molar-refractivity contribution >= 4 is 29.3 Å². The Bertz CT molecular complexity index is 1300. The second-order valence-electron chi connectivity index (χ2n) is 8.96. The number of ketones is 1. The summed E-state index contributed by atoms with van der Waals surface area (Å²) in [5.74, 6) is -3.47. The molecule has 11 heteroatoms. The van der Waals surface area contributed by atoms with E-state index in [4.69, 9.17) is 24.5 Å². The van der Waals surface area contributed by atoms with Gasteiger partial charge in [0.2, 0.25) is 0 Å². The molecule has 1 aliphatic rings. The first-order chi connectivity index (χ1) is 19.2. The van der Waals surface area contributed by atoms with Crippen LogP contribution in [-0.4, -0.2) is 77.0 Å². The summed E-state index contributed by atoms with van der Waals surface area (Å²) >= 11 is 0. The minimum absolute atomic E-state index is 0.0644. The molecule has 10 nitrogen and oxygen atoms in total. The summed E-state index contributed by atoms with van der Waals surface area (Å²) in [6, 6.07) is 16.7. The first-order valence-corrected chi connectivity index (χ1v) is 12.5. The number of carbonyl (C=O) groups excluding carboxylic acids is 2. The quantitative estimate of drug-likeness (QED) is 0.318. The summed E-state index contributed by atoms with van der Waals surface area (Å²) in [4.78, 5) is 52.4. The van der Waals surface area contributed by atoms with Crippen LogP contribution in [0.25, 0.3) is 0 Å². The highest BCUT2D eigenvalue weighted by Crippen LogP contribution is 2.29. The van der Waals surface area contributed by atoms with Crippen LogP contribution in [0.1, 0.15) is 33.6 Å². The molecule has 3 aromatic rings. The number of ether oxygens (including phenoxy) is 1. The molecule has 0 aliphatic carbocycles. The summed E-state index contributed by atoms with van der Waals surface area (Å²) < 4.78 is 18.7. The van der Waals surface area contributed by atoms with Crippen molar-refractivity contribution in [1.82, 2.24) is 9.88 Å². The lowest BCUT2D eigenvalue weighted by Gasteiger charge is -2.33. The number of amides is 1. The molecule has 0 atom stereocenters. The number of anilines is 1. The molecular formula is C29H30FN3O7. The van der Waals surface area contributed by atoms with Crippen molar-refractivity contribution in [2.45, 2.75) is 12.8 Å². The molecule has 210 valence electrons. The number of pyridine rings is 1. The van der Waals surface area contributed by atoms with Gasteiger partial charge in [0.15, 0.2) is 5.78 Å². The van der Waals surface area contributed by atoms with E-state index in [0.29, 0.717) is 35.7 Å². The van der Waals surface area contributed by atoms with Gasteiger partial charge in [-0.05, 0) is 74.5 Å². The van der Waals surface area contributed by atoms with Gasteiger partial charge in [-0.2, -0.15) is 0 Å². The Hall–Kier alpha value is -4.64. The molecule has 0 bridgehead atoms. The fourth-order valence-electron chi connectivity index (χ4n) is 4.34. The predicted octanol–water partition coefficient (Wildman–Crippen LogP) is 3.63. The molecule has 4 rings (SSSR count). The van der Waals surface area contributed by atoms with Crippen LogP contribution in [0.5, 0.6) is 5.75 Å². The molecule has 1 fully saturated rings. The number of rotatable bonds is 8. The molecule has 40 heavy (non-hydrogen) atoms. The molecule has 0 spiro atoms. The van der Waals surface area contributed by atoms with Gasteiger partial charge in [-0.15, -0.1) is 0 Å². The minimum atomic E-state index is -1.82. The fraction of sp³-hybridized carbons (Fsp3) is 0.276. The average molecular weight is 552 g/mol. The number of carboxylic acid groups (broad SMARTS) is 2. The molecule has 2 heterocycles. The Balaban J connectivity index is 0.000000663. The second kappa shape index (κ2) is 14.5. The van der Waals surface area contributed by atoms with Crippen LogP contribution < -0.4 is 9.64 Å². The Morgan fingerprint density at radius 3 is 2.10 bits per heavy atom. The standard InChI is InChI=1S/C27H28FN3O3.C2H2O4/c1-34-25-5-3-2-4-24(25)31(27(33)22-10-14-29-15-11-22)19-18-30-16-12-21(13-17-30)26(32)20-6-8-23(28)9-7-20;3-1(4)2(5)6/h2-11,14-15,21H,12-13,16-19H2,1H3;(H,3,4)(H,5,6). The van der Waals surface area contributed by atoms with Crippen molar-refractivity contribution in [2.75, 3.05) is 38.2 Å². The Morgan fingerprint density at radius 2 is 1.52 bits per heavy atom. The molecule has 2 aromatic carbocycles. The number of hydrogen-bond acceptors (Lipinski definition) is 7. The van der Waals surface area contributed by atoms with Gasteiger partial charge in [0.1, 0.15) is 11.6 Å². The van der Waals surface area contributed by atoms with E-state index in [-0.39, 0.29) is 23.4 Å². The zero-order chi connectivity index (χ0) is 29.1. The number of likely N-dealkylation sites (tertiary alicyclic amines) is 1. The number of hydrogen-bond donors (Lipinski definition) is 2. The van der Waals surface area contributed by atoms with Gasteiger partial charge in [-0.3, -0.25) is 14.6 Å². The van der Waals surface area contributed by atoms with Crippen molar-refractivity contribution in [2.24, 2.45) is 5.92 Å². The number of para-hydroxylation sites is 2. The van der Waals surface area contributed by atoms with Gasteiger partial charge in [0.25, 0.3) is 5.91 Å². The number of nitrogens with zero attached hydrogens (tertiary/aromatic N) is 3. The molecular weight excluding hydrogens is 521 g/mol.